The normalized spacial score (nSPS) is 15.6. The van der Waals surface area contributed by atoms with E-state index in [-0.39, 0.29) is 5.91 Å². The zero-order chi connectivity index (χ0) is 19.2. The minimum absolute atomic E-state index is 0.100. The molecular weight excluding hydrogens is 400 g/mol. The molecule has 0 N–H and O–H groups in total. The third-order valence-corrected chi connectivity index (χ3v) is 5.83. The van der Waals surface area contributed by atoms with E-state index in [1.807, 2.05) is 17.0 Å². The number of carbonyl (C=O) groups excluding carboxylic acids is 1. The molecule has 1 heterocycles. The summed E-state index contributed by atoms with van der Waals surface area (Å²) in [6, 6.07) is 16.8. The summed E-state index contributed by atoms with van der Waals surface area (Å²) in [6.07, 6.45) is 3.62. The quantitative estimate of drug-likeness (QED) is 0.632. The molecule has 0 bridgehead atoms. The summed E-state index contributed by atoms with van der Waals surface area (Å²) in [6.45, 7) is 8.66. The van der Waals surface area contributed by atoms with Crippen molar-refractivity contribution in [2.24, 2.45) is 0 Å². The molecule has 0 radical (unpaired) electrons. The minimum Gasteiger partial charge on any atom is -0.337 e. The number of benzene rings is 2. The summed E-state index contributed by atoms with van der Waals surface area (Å²) in [5.74, 6) is 0.626. The molecule has 4 heteroatoms. The van der Waals surface area contributed by atoms with Crippen LogP contribution in [0.25, 0.3) is 6.08 Å². The molecule has 0 atom stereocenters. The largest absolute Gasteiger partial charge is 0.337 e. The molecule has 0 unspecified atom stereocenters. The van der Waals surface area contributed by atoms with E-state index in [1.165, 1.54) is 11.1 Å². The van der Waals surface area contributed by atoms with Gasteiger partial charge in [-0.2, -0.15) is 0 Å². The Labute approximate surface area is 170 Å². The predicted octanol–water partition coefficient (Wildman–Crippen LogP) is 4.93. The predicted molar refractivity (Wildman–Crippen MR) is 116 cm³/mol. The van der Waals surface area contributed by atoms with Crippen LogP contribution in [0.15, 0.2) is 59.1 Å². The van der Waals surface area contributed by atoms with Gasteiger partial charge in [0.1, 0.15) is 0 Å². The summed E-state index contributed by atoms with van der Waals surface area (Å²) >= 11 is 3.61. The Bertz CT molecular complexity index is 790. The van der Waals surface area contributed by atoms with Gasteiger partial charge in [0.05, 0.1) is 0 Å². The lowest BCUT2D eigenvalue weighted by Gasteiger charge is -2.34. The van der Waals surface area contributed by atoms with E-state index in [4.69, 9.17) is 0 Å². The molecule has 1 fully saturated rings. The number of nitrogens with zero attached hydrogens (tertiary/aromatic N) is 2. The minimum atomic E-state index is 0.100. The van der Waals surface area contributed by atoms with Gasteiger partial charge in [0, 0.05) is 43.3 Å². The zero-order valence-electron chi connectivity index (χ0n) is 16.1. The van der Waals surface area contributed by atoms with E-state index in [1.54, 1.807) is 6.08 Å². The molecule has 1 aliphatic rings. The summed E-state index contributed by atoms with van der Waals surface area (Å²) in [5.41, 5.74) is 3.68. The lowest BCUT2D eigenvalue weighted by atomic mass is 10.0. The topological polar surface area (TPSA) is 23.6 Å². The van der Waals surface area contributed by atoms with Crippen LogP contribution in [0.4, 0.5) is 0 Å². The third-order valence-electron chi connectivity index (χ3n) is 5.06. The van der Waals surface area contributed by atoms with Crippen molar-refractivity contribution < 1.29 is 4.79 Å². The van der Waals surface area contributed by atoms with Crippen LogP contribution in [0, 0.1) is 0 Å². The van der Waals surface area contributed by atoms with Crippen molar-refractivity contribution in [1.29, 1.82) is 0 Å². The highest BCUT2D eigenvalue weighted by atomic mass is 79.9. The van der Waals surface area contributed by atoms with Gasteiger partial charge in [-0.05, 0) is 34.8 Å². The van der Waals surface area contributed by atoms with E-state index in [0.717, 1.165) is 42.8 Å². The fourth-order valence-corrected chi connectivity index (χ4v) is 3.67. The maximum Gasteiger partial charge on any atom is 0.246 e. The van der Waals surface area contributed by atoms with Gasteiger partial charge in [0.15, 0.2) is 0 Å². The molecule has 3 nitrogen and oxygen atoms in total. The van der Waals surface area contributed by atoms with E-state index in [2.05, 4.69) is 77.1 Å². The Kier molecular flexibility index (Phi) is 6.86. The second-order valence-corrected chi connectivity index (χ2v) is 8.20. The number of hydrogen-bond donors (Lipinski definition) is 0. The van der Waals surface area contributed by atoms with Gasteiger partial charge >= 0.3 is 0 Å². The fraction of sp³-hybridized carbons (Fsp3) is 0.348. The second kappa shape index (κ2) is 9.34. The maximum atomic E-state index is 12.5. The molecule has 27 heavy (non-hydrogen) atoms. The first-order valence-corrected chi connectivity index (χ1v) is 10.3. The van der Waals surface area contributed by atoms with Crippen molar-refractivity contribution in [3.63, 3.8) is 0 Å². The maximum absolute atomic E-state index is 12.5. The highest BCUT2D eigenvalue weighted by Gasteiger charge is 2.20. The molecule has 2 aromatic rings. The van der Waals surface area contributed by atoms with Gasteiger partial charge < -0.3 is 4.90 Å². The fourth-order valence-electron chi connectivity index (χ4n) is 3.26. The Hall–Kier alpha value is -1.91. The zero-order valence-corrected chi connectivity index (χ0v) is 17.7. The van der Waals surface area contributed by atoms with Crippen LogP contribution >= 0.6 is 15.9 Å². The Morgan fingerprint density at radius 2 is 1.70 bits per heavy atom. The van der Waals surface area contributed by atoms with Crippen molar-refractivity contribution in [2.45, 2.75) is 26.3 Å². The van der Waals surface area contributed by atoms with Crippen LogP contribution in [0.5, 0.6) is 0 Å². The third kappa shape index (κ3) is 5.53. The smallest absolute Gasteiger partial charge is 0.246 e. The first-order chi connectivity index (χ1) is 13.0. The molecule has 0 aliphatic carbocycles. The molecule has 0 spiro atoms. The van der Waals surface area contributed by atoms with Crippen LogP contribution in [-0.4, -0.2) is 41.9 Å². The molecule has 1 amide bonds. The molecule has 2 aromatic carbocycles. The monoisotopic (exact) mass is 426 g/mol. The van der Waals surface area contributed by atoms with Crippen molar-refractivity contribution >= 4 is 27.9 Å². The average Bonchev–Trinajstić information content (AvgIpc) is 2.69. The van der Waals surface area contributed by atoms with E-state index >= 15 is 0 Å². The van der Waals surface area contributed by atoms with Crippen LogP contribution in [0.3, 0.4) is 0 Å². The van der Waals surface area contributed by atoms with Crippen LogP contribution in [-0.2, 0) is 11.3 Å². The molecular formula is C23H27BrN2O. The SMILES string of the molecule is CC(C)c1ccc(/C=C/C(=O)N2CCN(Cc3ccccc3Br)CC2)cc1. The number of hydrogen-bond acceptors (Lipinski definition) is 2. The van der Waals surface area contributed by atoms with E-state index < -0.39 is 0 Å². The number of rotatable bonds is 5. The lowest BCUT2D eigenvalue weighted by Crippen LogP contribution is -2.47. The molecule has 1 saturated heterocycles. The Morgan fingerprint density at radius 3 is 2.33 bits per heavy atom. The van der Waals surface area contributed by atoms with Gasteiger partial charge in [-0.3, -0.25) is 9.69 Å². The molecule has 3 rings (SSSR count). The van der Waals surface area contributed by atoms with Gasteiger partial charge in [-0.25, -0.2) is 0 Å². The highest BCUT2D eigenvalue weighted by molar-refractivity contribution is 9.10. The molecule has 142 valence electrons. The van der Waals surface area contributed by atoms with Gasteiger partial charge in [0.25, 0.3) is 0 Å². The number of carbonyl (C=O) groups is 1. The van der Waals surface area contributed by atoms with Crippen LogP contribution < -0.4 is 0 Å². The van der Waals surface area contributed by atoms with Crippen molar-refractivity contribution in [2.75, 3.05) is 26.2 Å². The first-order valence-electron chi connectivity index (χ1n) is 9.55. The first kappa shape index (κ1) is 19.8. The lowest BCUT2D eigenvalue weighted by molar-refractivity contribution is -0.127. The Balaban J connectivity index is 1.50. The van der Waals surface area contributed by atoms with Gasteiger partial charge in [-0.15, -0.1) is 0 Å². The summed E-state index contributed by atoms with van der Waals surface area (Å²) in [7, 11) is 0. The van der Waals surface area contributed by atoms with E-state index in [9.17, 15) is 4.79 Å². The summed E-state index contributed by atoms with van der Waals surface area (Å²) < 4.78 is 1.15. The van der Waals surface area contributed by atoms with Gasteiger partial charge in [-0.1, -0.05) is 72.2 Å². The van der Waals surface area contributed by atoms with Crippen LogP contribution in [0.1, 0.15) is 36.5 Å². The second-order valence-electron chi connectivity index (χ2n) is 7.35. The summed E-state index contributed by atoms with van der Waals surface area (Å²) in [4.78, 5) is 16.8. The number of amides is 1. The average molecular weight is 427 g/mol. The van der Waals surface area contributed by atoms with E-state index in [0.29, 0.717) is 5.92 Å². The standard InChI is InChI=1S/C23H27BrN2O/c1-18(2)20-10-7-19(8-11-20)9-12-23(27)26-15-13-25(14-16-26)17-21-5-3-4-6-22(21)24/h3-12,18H,13-17H2,1-2H3/b12-9+. The van der Waals surface area contributed by atoms with Crippen molar-refractivity contribution in [3.05, 3.63) is 75.8 Å². The van der Waals surface area contributed by atoms with Crippen molar-refractivity contribution in [3.8, 4) is 0 Å². The highest BCUT2D eigenvalue weighted by Crippen LogP contribution is 2.19. The molecule has 0 saturated carbocycles. The molecule has 0 aromatic heterocycles. The molecule has 1 aliphatic heterocycles. The Morgan fingerprint density at radius 1 is 1.04 bits per heavy atom. The van der Waals surface area contributed by atoms with Gasteiger partial charge in [0.2, 0.25) is 5.91 Å². The van der Waals surface area contributed by atoms with Crippen LogP contribution in [0.2, 0.25) is 0 Å². The van der Waals surface area contributed by atoms with Crippen molar-refractivity contribution in [1.82, 2.24) is 9.80 Å². The number of halogens is 1. The number of piperazine rings is 1. The summed E-state index contributed by atoms with van der Waals surface area (Å²) in [5, 5.41) is 0.